The molecule has 3 aliphatic rings. The van der Waals surface area contributed by atoms with Crippen molar-refractivity contribution >= 4 is 11.8 Å². The van der Waals surface area contributed by atoms with Crippen molar-refractivity contribution in [3.8, 4) is 0 Å². The number of likely N-dealkylation sites (N-methyl/N-ethyl adjacent to an activating group) is 1. The van der Waals surface area contributed by atoms with E-state index in [1.165, 1.54) is 0 Å². The molecule has 3 fully saturated rings. The molecule has 2 amide bonds. The molecule has 8 nitrogen and oxygen atoms in total. The van der Waals surface area contributed by atoms with E-state index in [0.717, 1.165) is 44.6 Å². The van der Waals surface area contributed by atoms with Gasteiger partial charge in [0, 0.05) is 45.5 Å². The highest BCUT2D eigenvalue weighted by molar-refractivity contribution is 5.92. The van der Waals surface area contributed by atoms with Crippen molar-refractivity contribution in [1.82, 2.24) is 24.5 Å². The Morgan fingerprint density at radius 2 is 1.79 bits per heavy atom. The van der Waals surface area contributed by atoms with E-state index in [9.17, 15) is 9.59 Å². The quantitative estimate of drug-likeness (QED) is 0.737. The fraction of sp³-hybridized carbons (Fsp3) is 0.750. The van der Waals surface area contributed by atoms with Crippen LogP contribution in [0.15, 0.2) is 6.07 Å². The van der Waals surface area contributed by atoms with Crippen LogP contribution in [0.1, 0.15) is 35.4 Å². The first-order chi connectivity index (χ1) is 13.4. The SMILES string of the molecule is Cc1cc(C(=O)N2CCC3(CC2)CC(C(=O)N2CCOCC2)N(C)C3)nn1C. The van der Waals surface area contributed by atoms with Gasteiger partial charge in [0.05, 0.1) is 19.3 Å². The van der Waals surface area contributed by atoms with Crippen molar-refractivity contribution in [3.05, 3.63) is 17.5 Å². The Labute approximate surface area is 166 Å². The Balaban J connectivity index is 1.37. The molecular formula is C20H31N5O3. The Morgan fingerprint density at radius 1 is 1.11 bits per heavy atom. The number of aromatic nitrogens is 2. The molecule has 4 heterocycles. The van der Waals surface area contributed by atoms with E-state index in [2.05, 4.69) is 17.0 Å². The summed E-state index contributed by atoms with van der Waals surface area (Å²) in [4.78, 5) is 31.9. The minimum absolute atomic E-state index is 0.0193. The molecule has 28 heavy (non-hydrogen) atoms. The van der Waals surface area contributed by atoms with Crippen molar-refractivity contribution < 1.29 is 14.3 Å². The molecule has 0 N–H and O–H groups in total. The van der Waals surface area contributed by atoms with E-state index in [-0.39, 0.29) is 23.3 Å². The minimum atomic E-state index is -0.0428. The maximum Gasteiger partial charge on any atom is 0.274 e. The molecule has 0 bridgehead atoms. The third kappa shape index (κ3) is 3.55. The zero-order valence-electron chi connectivity index (χ0n) is 17.2. The first-order valence-corrected chi connectivity index (χ1v) is 10.3. The van der Waals surface area contributed by atoms with Crippen LogP contribution in [0.25, 0.3) is 0 Å². The number of hydrogen-bond donors (Lipinski definition) is 0. The summed E-state index contributed by atoms with van der Waals surface area (Å²) in [7, 11) is 3.92. The number of morpholine rings is 1. The van der Waals surface area contributed by atoms with Crippen LogP contribution < -0.4 is 0 Å². The van der Waals surface area contributed by atoms with Gasteiger partial charge >= 0.3 is 0 Å². The lowest BCUT2D eigenvalue weighted by molar-refractivity contribution is -0.139. The standard InChI is InChI=1S/C20H31N5O3/c1-15-12-16(21-23(15)3)18(26)24-6-4-20(5-7-24)13-17(22(2)14-20)19(27)25-8-10-28-11-9-25/h12,17H,4-11,13-14H2,1-3H3. The number of amides is 2. The van der Waals surface area contributed by atoms with Crippen LogP contribution in [0.2, 0.25) is 0 Å². The zero-order valence-corrected chi connectivity index (χ0v) is 17.2. The minimum Gasteiger partial charge on any atom is -0.378 e. The summed E-state index contributed by atoms with van der Waals surface area (Å²) in [5.41, 5.74) is 1.65. The van der Waals surface area contributed by atoms with Gasteiger partial charge in [-0.2, -0.15) is 5.10 Å². The number of rotatable bonds is 2. The highest BCUT2D eigenvalue weighted by atomic mass is 16.5. The largest absolute Gasteiger partial charge is 0.378 e. The smallest absolute Gasteiger partial charge is 0.274 e. The van der Waals surface area contributed by atoms with E-state index in [4.69, 9.17) is 4.74 Å². The van der Waals surface area contributed by atoms with Crippen LogP contribution in [0.5, 0.6) is 0 Å². The van der Waals surface area contributed by atoms with Crippen LogP contribution in [0.3, 0.4) is 0 Å². The normalized spacial score (nSPS) is 25.5. The van der Waals surface area contributed by atoms with E-state index < -0.39 is 0 Å². The van der Waals surface area contributed by atoms with E-state index in [1.54, 1.807) is 4.68 Å². The summed E-state index contributed by atoms with van der Waals surface area (Å²) in [5.74, 6) is 0.260. The molecule has 1 spiro atoms. The number of aryl methyl sites for hydroxylation is 2. The average molecular weight is 390 g/mol. The summed E-state index contributed by atoms with van der Waals surface area (Å²) in [5, 5.41) is 4.33. The summed E-state index contributed by atoms with van der Waals surface area (Å²) >= 11 is 0. The average Bonchev–Trinajstić information content (AvgIpc) is 3.21. The third-order valence-electron chi connectivity index (χ3n) is 6.80. The Bertz CT molecular complexity index is 728. The molecule has 4 rings (SSSR count). The van der Waals surface area contributed by atoms with Gasteiger partial charge < -0.3 is 14.5 Å². The number of ether oxygens (including phenoxy) is 1. The molecule has 8 heteroatoms. The van der Waals surface area contributed by atoms with E-state index in [1.807, 2.05) is 29.8 Å². The molecular weight excluding hydrogens is 358 g/mol. The number of nitrogens with zero attached hydrogens (tertiary/aromatic N) is 5. The Hall–Kier alpha value is -1.93. The third-order valence-corrected chi connectivity index (χ3v) is 6.80. The van der Waals surface area contributed by atoms with Crippen LogP contribution in [0.4, 0.5) is 0 Å². The van der Waals surface area contributed by atoms with Gasteiger partial charge in [-0.05, 0) is 44.7 Å². The molecule has 154 valence electrons. The lowest BCUT2D eigenvalue weighted by Crippen LogP contribution is -2.48. The number of hydrogen-bond acceptors (Lipinski definition) is 5. The van der Waals surface area contributed by atoms with Crippen LogP contribution in [-0.4, -0.2) is 95.3 Å². The van der Waals surface area contributed by atoms with Gasteiger partial charge in [0.15, 0.2) is 5.69 Å². The van der Waals surface area contributed by atoms with Gasteiger partial charge in [-0.25, -0.2) is 0 Å². The molecule has 1 atom stereocenters. The topological polar surface area (TPSA) is 70.9 Å². The monoisotopic (exact) mass is 389 g/mol. The predicted octanol–water partition coefficient (Wildman–Crippen LogP) is 0.514. The second-order valence-corrected chi connectivity index (χ2v) is 8.66. The van der Waals surface area contributed by atoms with Crippen molar-refractivity contribution in [2.24, 2.45) is 12.5 Å². The Kier molecular flexibility index (Phi) is 5.18. The first kappa shape index (κ1) is 19.4. The maximum absolute atomic E-state index is 13.0. The van der Waals surface area contributed by atoms with Crippen LogP contribution in [0, 0.1) is 12.3 Å². The van der Waals surface area contributed by atoms with Crippen molar-refractivity contribution in [2.75, 3.05) is 53.0 Å². The molecule has 0 radical (unpaired) electrons. The van der Waals surface area contributed by atoms with Gasteiger partial charge in [-0.1, -0.05) is 0 Å². The second-order valence-electron chi connectivity index (χ2n) is 8.66. The summed E-state index contributed by atoms with van der Waals surface area (Å²) < 4.78 is 7.12. The van der Waals surface area contributed by atoms with E-state index in [0.29, 0.717) is 32.0 Å². The van der Waals surface area contributed by atoms with Crippen molar-refractivity contribution in [1.29, 1.82) is 0 Å². The van der Waals surface area contributed by atoms with E-state index >= 15 is 0 Å². The lowest BCUT2D eigenvalue weighted by Gasteiger charge is -2.39. The highest BCUT2D eigenvalue weighted by Gasteiger charge is 2.48. The van der Waals surface area contributed by atoms with Crippen molar-refractivity contribution in [2.45, 2.75) is 32.2 Å². The van der Waals surface area contributed by atoms with Crippen molar-refractivity contribution in [3.63, 3.8) is 0 Å². The molecule has 3 aliphatic heterocycles. The number of carbonyl (C=O) groups excluding carboxylic acids is 2. The lowest BCUT2D eigenvalue weighted by atomic mass is 9.76. The molecule has 0 aromatic carbocycles. The fourth-order valence-electron chi connectivity index (χ4n) is 4.91. The molecule has 0 aliphatic carbocycles. The molecule has 3 saturated heterocycles. The highest BCUT2D eigenvalue weighted by Crippen LogP contribution is 2.43. The van der Waals surface area contributed by atoms with Gasteiger partial charge in [0.2, 0.25) is 5.91 Å². The fourth-order valence-corrected chi connectivity index (χ4v) is 4.91. The van der Waals surface area contributed by atoms with Gasteiger partial charge in [-0.15, -0.1) is 0 Å². The summed E-state index contributed by atoms with van der Waals surface area (Å²) in [6.07, 6.45) is 2.79. The molecule has 1 aromatic rings. The molecule has 1 unspecified atom stereocenters. The zero-order chi connectivity index (χ0) is 19.9. The number of likely N-dealkylation sites (tertiary alicyclic amines) is 2. The Morgan fingerprint density at radius 3 is 2.39 bits per heavy atom. The predicted molar refractivity (Wildman–Crippen MR) is 104 cm³/mol. The summed E-state index contributed by atoms with van der Waals surface area (Å²) in [6.45, 7) is 7.02. The maximum atomic E-state index is 13.0. The summed E-state index contributed by atoms with van der Waals surface area (Å²) in [6, 6.07) is 1.81. The van der Waals surface area contributed by atoms with Gasteiger partial charge in [0.1, 0.15) is 0 Å². The van der Waals surface area contributed by atoms with Gasteiger partial charge in [-0.3, -0.25) is 19.2 Å². The second kappa shape index (κ2) is 7.48. The molecule has 1 aromatic heterocycles. The van der Waals surface area contributed by atoms with Crippen LogP contribution >= 0.6 is 0 Å². The molecule has 0 saturated carbocycles. The number of carbonyl (C=O) groups is 2. The van der Waals surface area contributed by atoms with Crippen LogP contribution in [-0.2, 0) is 16.6 Å². The van der Waals surface area contributed by atoms with Gasteiger partial charge in [0.25, 0.3) is 5.91 Å². The first-order valence-electron chi connectivity index (χ1n) is 10.3. The number of piperidine rings is 1.